The number of piperidine rings is 1. The summed E-state index contributed by atoms with van der Waals surface area (Å²) in [4.78, 5) is 27.7. The molecule has 1 aliphatic carbocycles. The summed E-state index contributed by atoms with van der Waals surface area (Å²) >= 11 is 0. The molecule has 47 heavy (non-hydrogen) atoms. The molecule has 3 aliphatic rings. The van der Waals surface area contributed by atoms with Gasteiger partial charge in [-0.2, -0.15) is 0 Å². The quantitative estimate of drug-likeness (QED) is 0.360. The first-order valence-electron chi connectivity index (χ1n) is 15.7. The SMILES string of the molecule is CC(=O)N1CCC2(CC1)c1cc(C(=O)Nc3cccc(S(=O)(=O)NC(C)(C)C)c3)ccc1N(S(=O)(=O)c1ccc(F)cc1)C2C1CC1. The van der Waals surface area contributed by atoms with Gasteiger partial charge in [0, 0.05) is 42.2 Å². The van der Waals surface area contributed by atoms with Gasteiger partial charge in [0.05, 0.1) is 21.5 Å². The number of carbonyl (C=O) groups is 2. The molecule has 3 aromatic rings. The smallest absolute Gasteiger partial charge is 0.264 e. The normalized spacial score (nSPS) is 19.5. The molecule has 0 bridgehead atoms. The van der Waals surface area contributed by atoms with E-state index < -0.39 is 48.8 Å². The maximum Gasteiger partial charge on any atom is 0.264 e. The highest BCUT2D eigenvalue weighted by atomic mass is 32.2. The lowest BCUT2D eigenvalue weighted by atomic mass is 9.68. The van der Waals surface area contributed by atoms with Gasteiger partial charge in [-0.25, -0.2) is 25.9 Å². The molecule has 1 saturated carbocycles. The fourth-order valence-electron chi connectivity index (χ4n) is 7.05. The molecule has 0 radical (unpaired) electrons. The highest BCUT2D eigenvalue weighted by molar-refractivity contribution is 7.93. The number of benzene rings is 3. The van der Waals surface area contributed by atoms with E-state index in [2.05, 4.69) is 10.0 Å². The van der Waals surface area contributed by atoms with Crippen molar-refractivity contribution in [2.45, 2.75) is 80.2 Å². The molecule has 2 N–H and O–H groups in total. The van der Waals surface area contributed by atoms with Crippen molar-refractivity contribution in [2.24, 2.45) is 5.92 Å². The van der Waals surface area contributed by atoms with Gasteiger partial charge in [-0.1, -0.05) is 6.07 Å². The van der Waals surface area contributed by atoms with Crippen LogP contribution in [0.4, 0.5) is 15.8 Å². The molecule has 2 aliphatic heterocycles. The highest BCUT2D eigenvalue weighted by Crippen LogP contribution is 2.59. The Hall–Kier alpha value is -3.81. The van der Waals surface area contributed by atoms with Gasteiger partial charge in [0.1, 0.15) is 5.82 Å². The minimum absolute atomic E-state index is 0.00396. The third-order valence-corrected chi connectivity index (χ3v) is 12.8. The van der Waals surface area contributed by atoms with Gasteiger partial charge in [0.25, 0.3) is 15.9 Å². The van der Waals surface area contributed by atoms with Gasteiger partial charge in [-0.3, -0.25) is 13.9 Å². The van der Waals surface area contributed by atoms with Gasteiger partial charge in [0.2, 0.25) is 15.9 Å². The van der Waals surface area contributed by atoms with Crippen LogP contribution < -0.4 is 14.3 Å². The minimum Gasteiger partial charge on any atom is -0.343 e. The number of halogens is 1. The van der Waals surface area contributed by atoms with E-state index in [1.165, 1.54) is 35.5 Å². The zero-order valence-electron chi connectivity index (χ0n) is 26.8. The maximum absolute atomic E-state index is 14.3. The Bertz CT molecular complexity index is 1950. The van der Waals surface area contributed by atoms with Crippen LogP contribution in [0.25, 0.3) is 0 Å². The molecule has 3 aromatic carbocycles. The number of anilines is 2. The fourth-order valence-corrected chi connectivity index (χ4v) is 10.3. The van der Waals surface area contributed by atoms with Crippen LogP contribution in [0.5, 0.6) is 0 Å². The number of nitrogens with zero attached hydrogens (tertiary/aromatic N) is 2. The van der Waals surface area contributed by atoms with Gasteiger partial charge in [-0.05, 0) is 119 Å². The van der Waals surface area contributed by atoms with Crippen molar-refractivity contribution in [1.82, 2.24) is 9.62 Å². The molecule has 0 aromatic heterocycles. The van der Waals surface area contributed by atoms with Crippen molar-refractivity contribution < 1.29 is 30.8 Å². The summed E-state index contributed by atoms with van der Waals surface area (Å²) in [5.41, 5.74) is 0.414. The van der Waals surface area contributed by atoms with Crippen LogP contribution in [-0.2, 0) is 30.3 Å². The second-order valence-corrected chi connectivity index (χ2v) is 17.3. The van der Waals surface area contributed by atoms with E-state index in [0.29, 0.717) is 31.6 Å². The average Bonchev–Trinajstić information content (AvgIpc) is 3.80. The largest absolute Gasteiger partial charge is 0.343 e. The molecule has 250 valence electrons. The topological polar surface area (TPSA) is 133 Å². The third-order valence-electron chi connectivity index (χ3n) is 9.23. The number of likely N-dealkylation sites (tertiary alicyclic amines) is 1. The molecule has 10 nitrogen and oxygen atoms in total. The second-order valence-electron chi connectivity index (χ2n) is 13.8. The van der Waals surface area contributed by atoms with Gasteiger partial charge >= 0.3 is 0 Å². The number of hydrogen-bond donors (Lipinski definition) is 2. The Morgan fingerprint density at radius 1 is 0.894 bits per heavy atom. The van der Waals surface area contributed by atoms with Crippen molar-refractivity contribution in [1.29, 1.82) is 0 Å². The summed E-state index contributed by atoms with van der Waals surface area (Å²) in [6.45, 7) is 7.62. The predicted molar refractivity (Wildman–Crippen MR) is 177 cm³/mol. The first-order valence-corrected chi connectivity index (χ1v) is 18.6. The van der Waals surface area contributed by atoms with Gasteiger partial charge in [0.15, 0.2) is 0 Å². The van der Waals surface area contributed by atoms with E-state index >= 15 is 0 Å². The van der Waals surface area contributed by atoms with Crippen molar-refractivity contribution in [2.75, 3.05) is 22.7 Å². The number of amides is 2. The van der Waals surface area contributed by atoms with E-state index in [-0.39, 0.29) is 32.9 Å². The summed E-state index contributed by atoms with van der Waals surface area (Å²) in [5.74, 6) is -0.982. The monoisotopic (exact) mass is 682 g/mol. The second kappa shape index (κ2) is 11.7. The standard InChI is InChI=1S/C34H39FN4O6S2/c1-22(40)38-18-16-34(17-19-38)29-20-24(32(41)36-26-6-5-7-28(21-26)46(42,43)37-33(2,3)4)10-15-30(29)39(31(34)23-8-9-23)47(44,45)27-13-11-25(35)12-14-27/h5-7,10-15,20-21,23,31,37H,8-9,16-19H2,1-4H3,(H,36,41). The first-order chi connectivity index (χ1) is 22.0. The lowest BCUT2D eigenvalue weighted by molar-refractivity contribution is -0.130. The molecular weight excluding hydrogens is 644 g/mol. The molecular formula is C34H39FN4O6S2. The molecule has 13 heteroatoms. The fraction of sp³-hybridized carbons (Fsp3) is 0.412. The van der Waals surface area contributed by atoms with Crippen molar-refractivity contribution in [3.8, 4) is 0 Å². The first kappa shape index (κ1) is 33.1. The molecule has 2 heterocycles. The number of hydrogen-bond acceptors (Lipinski definition) is 6. The lowest BCUT2D eigenvalue weighted by Crippen LogP contribution is -2.54. The Morgan fingerprint density at radius 2 is 1.55 bits per heavy atom. The zero-order chi connectivity index (χ0) is 33.9. The average molecular weight is 683 g/mol. The Morgan fingerprint density at radius 3 is 2.15 bits per heavy atom. The summed E-state index contributed by atoms with van der Waals surface area (Å²) < 4.78 is 72.4. The Balaban J connectivity index is 1.39. The van der Waals surface area contributed by atoms with Crippen LogP contribution >= 0.6 is 0 Å². The minimum atomic E-state index is -4.12. The van der Waals surface area contributed by atoms with Crippen LogP contribution in [0.3, 0.4) is 0 Å². The molecule has 1 atom stereocenters. The molecule has 1 spiro atoms. The Kier molecular flexibility index (Phi) is 8.25. The van der Waals surface area contributed by atoms with Crippen molar-refractivity contribution in [3.63, 3.8) is 0 Å². The highest BCUT2D eigenvalue weighted by Gasteiger charge is 2.60. The Labute approximate surface area is 275 Å². The number of carbonyl (C=O) groups excluding carboxylic acids is 2. The van der Waals surface area contributed by atoms with E-state index in [4.69, 9.17) is 0 Å². The zero-order valence-corrected chi connectivity index (χ0v) is 28.4. The molecule has 2 amide bonds. The number of fused-ring (bicyclic) bond motifs is 2. The van der Waals surface area contributed by atoms with E-state index in [1.807, 2.05) is 0 Å². The van der Waals surface area contributed by atoms with Crippen LogP contribution in [0.1, 0.15) is 69.3 Å². The van der Waals surface area contributed by atoms with Crippen LogP contribution in [0.15, 0.2) is 76.5 Å². The molecule has 1 saturated heterocycles. The maximum atomic E-state index is 14.3. The number of sulfonamides is 2. The molecule has 6 rings (SSSR count). The third kappa shape index (κ3) is 6.28. The van der Waals surface area contributed by atoms with E-state index in [0.717, 1.165) is 30.5 Å². The van der Waals surface area contributed by atoms with Crippen molar-refractivity contribution >= 4 is 43.2 Å². The van der Waals surface area contributed by atoms with Crippen LogP contribution in [0.2, 0.25) is 0 Å². The molecule has 2 fully saturated rings. The molecule has 1 unspecified atom stereocenters. The summed E-state index contributed by atoms with van der Waals surface area (Å²) in [6.07, 6.45) is 2.73. The predicted octanol–water partition coefficient (Wildman–Crippen LogP) is 5.02. The number of nitrogens with one attached hydrogen (secondary N) is 2. The van der Waals surface area contributed by atoms with Crippen LogP contribution in [-0.4, -0.2) is 58.2 Å². The van der Waals surface area contributed by atoms with Crippen LogP contribution in [0, 0.1) is 11.7 Å². The van der Waals surface area contributed by atoms with Gasteiger partial charge < -0.3 is 10.2 Å². The summed E-state index contributed by atoms with van der Waals surface area (Å²) in [7, 11) is -7.96. The number of rotatable bonds is 7. The van der Waals surface area contributed by atoms with Crippen molar-refractivity contribution in [3.05, 3.63) is 83.7 Å². The summed E-state index contributed by atoms with van der Waals surface area (Å²) in [5, 5.41) is 2.81. The van der Waals surface area contributed by atoms with E-state index in [1.54, 1.807) is 56.0 Å². The van der Waals surface area contributed by atoms with Gasteiger partial charge in [-0.15, -0.1) is 0 Å². The summed E-state index contributed by atoms with van der Waals surface area (Å²) in [6, 6.07) is 15.3. The lowest BCUT2D eigenvalue weighted by Gasteiger charge is -2.45. The van der Waals surface area contributed by atoms with E-state index in [9.17, 15) is 30.8 Å².